The van der Waals surface area contributed by atoms with Gasteiger partial charge in [-0.15, -0.1) is 0 Å². The van der Waals surface area contributed by atoms with Crippen LogP contribution >= 0.6 is 11.6 Å². The third-order valence-corrected chi connectivity index (χ3v) is 4.69. The van der Waals surface area contributed by atoms with Crippen LogP contribution in [0.25, 0.3) is 0 Å². The lowest BCUT2D eigenvalue weighted by Crippen LogP contribution is -2.45. The van der Waals surface area contributed by atoms with Crippen molar-refractivity contribution >= 4 is 28.9 Å². The molecule has 1 heterocycles. The van der Waals surface area contributed by atoms with Gasteiger partial charge in [0.05, 0.1) is 22.1 Å². The molecule has 11 heteroatoms. The number of nitro benzene ring substituents is 1. The van der Waals surface area contributed by atoms with Crippen LogP contribution in [0.4, 0.5) is 24.5 Å². The van der Waals surface area contributed by atoms with Gasteiger partial charge in [0.1, 0.15) is 5.69 Å². The van der Waals surface area contributed by atoms with Crippen LogP contribution in [0.5, 0.6) is 0 Å². The van der Waals surface area contributed by atoms with E-state index in [-0.39, 0.29) is 18.3 Å². The minimum absolute atomic E-state index is 0.0219. The van der Waals surface area contributed by atoms with E-state index in [0.717, 1.165) is 6.07 Å². The maximum atomic E-state index is 12.9. The number of nitro groups is 1. The fraction of sp³-hybridized carbons (Fsp3) is 0.533. The number of benzene rings is 1. The summed E-state index contributed by atoms with van der Waals surface area (Å²) in [5, 5.41) is 19.5. The number of carboxylic acid groups (broad SMARTS) is 1. The van der Waals surface area contributed by atoms with E-state index in [1.807, 2.05) is 0 Å². The molecule has 0 spiro atoms. The standard InChI is InChI=1S/C15H17ClF3N3O4/c1-20(8-14(23)24)9-2-4-21(5-3-9)12-7-11(16)10(15(17,18)19)6-13(12)22(25)26/h6-7,9H,2-5,8H2,1H3,(H,23,24). The lowest BCUT2D eigenvalue weighted by atomic mass is 10.0. The molecule has 0 radical (unpaired) electrons. The molecule has 1 saturated heterocycles. The number of nitrogens with zero attached hydrogens (tertiary/aromatic N) is 3. The van der Waals surface area contributed by atoms with E-state index in [9.17, 15) is 28.1 Å². The highest BCUT2D eigenvalue weighted by molar-refractivity contribution is 6.31. The van der Waals surface area contributed by atoms with Crippen LogP contribution in [0.2, 0.25) is 5.02 Å². The first kappa shape index (κ1) is 20.2. The van der Waals surface area contributed by atoms with Gasteiger partial charge in [-0.05, 0) is 26.0 Å². The SMILES string of the molecule is CN(CC(=O)O)C1CCN(c2cc(Cl)c(C(F)(F)F)cc2[N+](=O)[O-])CC1. The van der Waals surface area contributed by atoms with E-state index in [4.69, 9.17) is 16.7 Å². The van der Waals surface area contributed by atoms with E-state index in [2.05, 4.69) is 0 Å². The molecule has 1 aliphatic rings. The van der Waals surface area contributed by atoms with Gasteiger partial charge in [-0.3, -0.25) is 19.8 Å². The molecule has 0 aromatic heterocycles. The van der Waals surface area contributed by atoms with E-state index >= 15 is 0 Å². The van der Waals surface area contributed by atoms with Crippen molar-refractivity contribution in [3.63, 3.8) is 0 Å². The molecule has 1 fully saturated rings. The Morgan fingerprint density at radius 1 is 1.42 bits per heavy atom. The van der Waals surface area contributed by atoms with Crippen LogP contribution < -0.4 is 4.90 Å². The molecule has 144 valence electrons. The van der Waals surface area contributed by atoms with Crippen LogP contribution in [0.1, 0.15) is 18.4 Å². The van der Waals surface area contributed by atoms with Crippen LogP contribution in [0.15, 0.2) is 12.1 Å². The first-order valence-electron chi connectivity index (χ1n) is 7.72. The number of anilines is 1. The molecule has 1 N–H and O–H groups in total. The molecular weight excluding hydrogens is 379 g/mol. The summed E-state index contributed by atoms with van der Waals surface area (Å²) in [5.74, 6) is -0.958. The van der Waals surface area contributed by atoms with Crippen molar-refractivity contribution in [3.8, 4) is 0 Å². The number of carboxylic acids is 1. The average Bonchev–Trinajstić information content (AvgIpc) is 2.52. The smallest absolute Gasteiger partial charge is 0.418 e. The summed E-state index contributed by atoms with van der Waals surface area (Å²) in [6, 6.07) is 1.41. The second kappa shape index (κ2) is 7.67. The quantitative estimate of drug-likeness (QED) is 0.608. The van der Waals surface area contributed by atoms with Crippen molar-refractivity contribution in [2.45, 2.75) is 25.1 Å². The Morgan fingerprint density at radius 3 is 2.46 bits per heavy atom. The van der Waals surface area contributed by atoms with Gasteiger partial charge in [0.25, 0.3) is 5.69 Å². The maximum absolute atomic E-state index is 12.9. The number of carbonyl (C=O) groups is 1. The highest BCUT2D eigenvalue weighted by atomic mass is 35.5. The molecule has 0 aliphatic carbocycles. The Labute approximate surface area is 152 Å². The molecule has 2 rings (SSSR count). The van der Waals surface area contributed by atoms with Crippen molar-refractivity contribution in [1.29, 1.82) is 0 Å². The predicted octanol–water partition coefficient (Wildman–Crippen LogP) is 3.25. The van der Waals surface area contributed by atoms with Gasteiger partial charge in [-0.25, -0.2) is 0 Å². The Hall–Kier alpha value is -2.07. The lowest BCUT2D eigenvalue weighted by molar-refractivity contribution is -0.384. The predicted molar refractivity (Wildman–Crippen MR) is 88.6 cm³/mol. The monoisotopic (exact) mass is 395 g/mol. The zero-order valence-electron chi connectivity index (χ0n) is 13.8. The number of alkyl halides is 3. The normalized spacial score (nSPS) is 16.2. The summed E-state index contributed by atoms with van der Waals surface area (Å²) in [5.41, 5.74) is -1.86. The minimum atomic E-state index is -4.78. The van der Waals surface area contributed by atoms with Gasteiger partial charge < -0.3 is 10.0 Å². The van der Waals surface area contributed by atoms with Gasteiger partial charge >= 0.3 is 12.1 Å². The molecule has 26 heavy (non-hydrogen) atoms. The Kier molecular flexibility index (Phi) is 5.97. The molecule has 0 bridgehead atoms. The number of likely N-dealkylation sites (N-methyl/N-ethyl adjacent to an activating group) is 1. The largest absolute Gasteiger partial charge is 0.480 e. The van der Waals surface area contributed by atoms with Gasteiger partial charge in [0, 0.05) is 25.2 Å². The molecule has 0 unspecified atom stereocenters. The maximum Gasteiger partial charge on any atom is 0.418 e. The first-order valence-corrected chi connectivity index (χ1v) is 8.10. The lowest BCUT2D eigenvalue weighted by Gasteiger charge is -2.37. The third-order valence-electron chi connectivity index (χ3n) is 4.38. The first-order chi connectivity index (χ1) is 12.0. The van der Waals surface area contributed by atoms with Gasteiger partial charge in [0.2, 0.25) is 0 Å². The molecule has 0 amide bonds. The topological polar surface area (TPSA) is 86.9 Å². The second-order valence-corrected chi connectivity index (χ2v) is 6.51. The van der Waals surface area contributed by atoms with Crippen LogP contribution in [0, 0.1) is 10.1 Å². The molecule has 7 nitrogen and oxygen atoms in total. The minimum Gasteiger partial charge on any atom is -0.480 e. The van der Waals surface area contributed by atoms with Crippen LogP contribution in [-0.2, 0) is 11.0 Å². The zero-order valence-corrected chi connectivity index (χ0v) is 14.5. The Bertz CT molecular complexity index is 706. The number of hydrogen-bond acceptors (Lipinski definition) is 5. The summed E-state index contributed by atoms with van der Waals surface area (Å²) >= 11 is 5.70. The summed E-state index contributed by atoms with van der Waals surface area (Å²) in [7, 11) is 1.67. The Balaban J connectivity index is 2.23. The van der Waals surface area contributed by atoms with Crippen molar-refractivity contribution in [1.82, 2.24) is 4.90 Å². The van der Waals surface area contributed by atoms with Crippen LogP contribution in [-0.4, -0.2) is 53.6 Å². The number of hydrogen-bond donors (Lipinski definition) is 1. The number of aliphatic carboxylic acids is 1. The van der Waals surface area contributed by atoms with Crippen molar-refractivity contribution in [3.05, 3.63) is 32.8 Å². The fourth-order valence-corrected chi connectivity index (χ4v) is 3.32. The second-order valence-electron chi connectivity index (χ2n) is 6.10. The molecule has 0 saturated carbocycles. The summed E-state index contributed by atoms with van der Waals surface area (Å²) in [6.07, 6.45) is -3.73. The average molecular weight is 396 g/mol. The third kappa shape index (κ3) is 4.55. The van der Waals surface area contributed by atoms with E-state index in [1.54, 1.807) is 16.8 Å². The van der Waals surface area contributed by atoms with Crippen LogP contribution in [0.3, 0.4) is 0 Å². The Morgan fingerprint density at radius 2 is 2.00 bits per heavy atom. The molecule has 0 atom stereocenters. The van der Waals surface area contributed by atoms with E-state index < -0.39 is 33.3 Å². The van der Waals surface area contributed by atoms with Crippen molar-refractivity contribution < 1.29 is 28.0 Å². The van der Waals surface area contributed by atoms with Gasteiger partial charge in [0.15, 0.2) is 0 Å². The van der Waals surface area contributed by atoms with Gasteiger partial charge in [-0.2, -0.15) is 13.2 Å². The number of piperidine rings is 1. The summed E-state index contributed by atoms with van der Waals surface area (Å²) in [4.78, 5) is 24.4. The zero-order chi connectivity index (χ0) is 19.6. The summed E-state index contributed by atoms with van der Waals surface area (Å²) < 4.78 is 38.8. The van der Waals surface area contributed by atoms with Crippen molar-refractivity contribution in [2.75, 3.05) is 31.6 Å². The fourth-order valence-electron chi connectivity index (χ4n) is 3.06. The van der Waals surface area contributed by atoms with E-state index in [0.29, 0.717) is 32.0 Å². The van der Waals surface area contributed by atoms with E-state index in [1.165, 1.54) is 0 Å². The van der Waals surface area contributed by atoms with Gasteiger partial charge in [-0.1, -0.05) is 11.6 Å². The molecule has 1 aliphatic heterocycles. The number of halogens is 4. The highest BCUT2D eigenvalue weighted by Gasteiger charge is 2.37. The van der Waals surface area contributed by atoms with Crippen molar-refractivity contribution in [2.24, 2.45) is 0 Å². The summed E-state index contributed by atoms with van der Waals surface area (Å²) in [6.45, 7) is 0.561. The molecule has 1 aromatic rings. The molecule has 1 aromatic carbocycles. The highest BCUT2D eigenvalue weighted by Crippen LogP contribution is 2.42. The number of rotatable bonds is 5. The molecular formula is C15H17ClF3N3O4.